The third kappa shape index (κ3) is 3.59. The maximum Gasteiger partial charge on any atom is 0.250 e. The number of carbonyl (C=O) groups is 3. The molecule has 1 unspecified atom stereocenters. The molecule has 2 saturated heterocycles. The third-order valence-electron chi connectivity index (χ3n) is 8.82. The molecule has 5 heterocycles. The number of aliphatic hydroxyl groups excluding tert-OH is 1. The van der Waals surface area contributed by atoms with Gasteiger partial charge >= 0.3 is 0 Å². The average molecular weight is 535 g/mol. The standard InChI is InChI=1S/C28H34N6O5/c1-17(2)20(15-35)34-23-26(38)32(16-33-19-10-6-5-9-18(19)29-30-33)14-8-12-28(23)22(25(34)37)21-24(36)31(4)13-7-11-27(21,3)39-28/h5-12,17,20-23,35H,13-16H2,1-4H3/t20-,21-,22-,23?,27+,28-/m0/s1. The Morgan fingerprint density at radius 2 is 1.79 bits per heavy atom. The van der Waals surface area contributed by atoms with E-state index < -0.39 is 35.1 Å². The Balaban J connectivity index is 1.47. The lowest BCUT2D eigenvalue weighted by Gasteiger charge is -2.41. The number of aromatic nitrogens is 3. The van der Waals surface area contributed by atoms with E-state index in [1.165, 1.54) is 4.90 Å². The number of nitrogens with zero attached hydrogens (tertiary/aromatic N) is 6. The van der Waals surface area contributed by atoms with E-state index in [0.29, 0.717) is 12.1 Å². The predicted octanol–water partition coefficient (Wildman–Crippen LogP) is 0.803. The molecule has 206 valence electrons. The maximum absolute atomic E-state index is 14.5. The number of carbonyl (C=O) groups excluding carboxylic acids is 3. The normalized spacial score (nSPS) is 33.0. The Hall–Kier alpha value is -3.57. The molecule has 11 heteroatoms. The Bertz CT molecular complexity index is 1400. The van der Waals surface area contributed by atoms with Gasteiger partial charge in [0.2, 0.25) is 11.8 Å². The second-order valence-electron chi connectivity index (χ2n) is 11.5. The number of benzene rings is 1. The predicted molar refractivity (Wildman–Crippen MR) is 141 cm³/mol. The highest BCUT2D eigenvalue weighted by molar-refractivity contribution is 6.00. The summed E-state index contributed by atoms with van der Waals surface area (Å²) in [6.45, 7) is 6.11. The zero-order valence-corrected chi connectivity index (χ0v) is 22.6. The summed E-state index contributed by atoms with van der Waals surface area (Å²) in [6, 6.07) is 5.82. The minimum atomic E-state index is -1.37. The van der Waals surface area contributed by atoms with Crippen molar-refractivity contribution in [3.8, 4) is 0 Å². The number of likely N-dealkylation sites (tertiary alicyclic amines) is 1. The van der Waals surface area contributed by atoms with E-state index in [1.807, 2.05) is 69.3 Å². The van der Waals surface area contributed by atoms with Crippen LogP contribution in [0.3, 0.4) is 0 Å². The van der Waals surface area contributed by atoms with E-state index >= 15 is 0 Å². The number of hydrogen-bond donors (Lipinski definition) is 1. The van der Waals surface area contributed by atoms with E-state index in [2.05, 4.69) is 10.3 Å². The van der Waals surface area contributed by atoms with Gasteiger partial charge in [0.25, 0.3) is 5.91 Å². The van der Waals surface area contributed by atoms with Crippen LogP contribution in [0.1, 0.15) is 20.8 Å². The lowest BCUT2D eigenvalue weighted by molar-refractivity contribution is -0.157. The fraction of sp³-hybridized carbons (Fsp3) is 0.536. The molecule has 4 aliphatic heterocycles. The largest absolute Gasteiger partial charge is 0.394 e. The van der Waals surface area contributed by atoms with Gasteiger partial charge in [-0.15, -0.1) is 5.10 Å². The number of para-hydroxylation sites is 1. The van der Waals surface area contributed by atoms with Crippen molar-refractivity contribution >= 4 is 28.8 Å². The summed E-state index contributed by atoms with van der Waals surface area (Å²) in [6.07, 6.45) is 7.39. The monoisotopic (exact) mass is 534 g/mol. The SMILES string of the molecule is CC(C)[C@H](CO)N1C(=O)[C@@H]2[C@H]3C(=O)N(C)CC=C[C@@]3(C)O[C@@]23C=CCN(Cn2nnc4ccccc42)C(=O)C13. The molecule has 2 fully saturated rings. The van der Waals surface area contributed by atoms with E-state index in [9.17, 15) is 19.5 Å². The van der Waals surface area contributed by atoms with Crippen LogP contribution in [0, 0.1) is 17.8 Å². The van der Waals surface area contributed by atoms with Crippen LogP contribution in [0.5, 0.6) is 0 Å². The highest BCUT2D eigenvalue weighted by atomic mass is 16.5. The fourth-order valence-corrected chi connectivity index (χ4v) is 6.92. The molecule has 0 saturated carbocycles. The highest BCUT2D eigenvalue weighted by Crippen LogP contribution is 2.58. The van der Waals surface area contributed by atoms with E-state index in [1.54, 1.807) is 21.5 Å². The van der Waals surface area contributed by atoms with Gasteiger partial charge in [0.05, 0.1) is 35.6 Å². The van der Waals surface area contributed by atoms with Crippen LogP contribution < -0.4 is 0 Å². The first-order chi connectivity index (χ1) is 18.6. The van der Waals surface area contributed by atoms with Crippen LogP contribution >= 0.6 is 0 Å². The summed E-state index contributed by atoms with van der Waals surface area (Å²) in [5.41, 5.74) is -0.938. The van der Waals surface area contributed by atoms with Crippen molar-refractivity contribution < 1.29 is 24.2 Å². The van der Waals surface area contributed by atoms with Gasteiger partial charge in [-0.2, -0.15) is 0 Å². The first kappa shape index (κ1) is 25.7. The van der Waals surface area contributed by atoms with Gasteiger partial charge < -0.3 is 24.5 Å². The maximum atomic E-state index is 14.5. The first-order valence-electron chi connectivity index (χ1n) is 13.4. The molecule has 3 amide bonds. The molecule has 11 nitrogen and oxygen atoms in total. The Kier molecular flexibility index (Phi) is 5.92. The number of likely N-dealkylation sites (N-methyl/N-ethyl adjacent to an activating group) is 1. The van der Waals surface area contributed by atoms with Gasteiger partial charge in [0, 0.05) is 20.1 Å². The van der Waals surface area contributed by atoms with Crippen molar-refractivity contribution in [2.24, 2.45) is 17.8 Å². The molecular weight excluding hydrogens is 500 g/mol. The summed E-state index contributed by atoms with van der Waals surface area (Å²) in [7, 11) is 1.71. The molecule has 1 aromatic carbocycles. The molecule has 0 bridgehead atoms. The smallest absolute Gasteiger partial charge is 0.250 e. The fourth-order valence-electron chi connectivity index (χ4n) is 6.92. The summed E-state index contributed by atoms with van der Waals surface area (Å²) in [5, 5.41) is 18.9. The second-order valence-corrected chi connectivity index (χ2v) is 11.5. The average Bonchev–Trinajstić information content (AvgIpc) is 3.43. The number of ether oxygens (including phenoxy) is 1. The van der Waals surface area contributed by atoms with Gasteiger partial charge in [0.1, 0.15) is 23.8 Å². The summed E-state index contributed by atoms with van der Waals surface area (Å²) in [4.78, 5) is 47.3. The quantitative estimate of drug-likeness (QED) is 0.564. The minimum absolute atomic E-state index is 0.122. The Morgan fingerprint density at radius 1 is 1.05 bits per heavy atom. The van der Waals surface area contributed by atoms with Crippen LogP contribution in [-0.4, -0.2) is 103 Å². The molecule has 4 aliphatic rings. The summed E-state index contributed by atoms with van der Waals surface area (Å²) >= 11 is 0. The lowest BCUT2D eigenvalue weighted by Crippen LogP contribution is -2.59. The van der Waals surface area contributed by atoms with E-state index in [-0.39, 0.29) is 43.5 Å². The number of aliphatic hydroxyl groups is 1. The van der Waals surface area contributed by atoms with E-state index in [4.69, 9.17) is 4.74 Å². The molecule has 6 rings (SSSR count). The lowest BCUT2D eigenvalue weighted by atomic mass is 9.74. The summed E-state index contributed by atoms with van der Waals surface area (Å²) in [5.74, 6) is -2.72. The zero-order chi connectivity index (χ0) is 27.7. The van der Waals surface area contributed by atoms with Crippen molar-refractivity contribution in [1.29, 1.82) is 0 Å². The molecule has 2 aromatic rings. The van der Waals surface area contributed by atoms with Crippen molar-refractivity contribution in [2.45, 2.75) is 50.7 Å². The van der Waals surface area contributed by atoms with Crippen LogP contribution in [0.2, 0.25) is 0 Å². The number of amides is 3. The third-order valence-corrected chi connectivity index (χ3v) is 8.82. The molecule has 1 aromatic heterocycles. The second kappa shape index (κ2) is 8.99. The minimum Gasteiger partial charge on any atom is -0.394 e. The molecular formula is C28H34N6O5. The van der Waals surface area contributed by atoms with Gasteiger partial charge in [-0.05, 0) is 25.0 Å². The van der Waals surface area contributed by atoms with E-state index in [0.717, 1.165) is 5.52 Å². The van der Waals surface area contributed by atoms with Crippen LogP contribution in [0.25, 0.3) is 11.0 Å². The number of rotatable bonds is 5. The first-order valence-corrected chi connectivity index (χ1v) is 13.4. The van der Waals surface area contributed by atoms with Crippen molar-refractivity contribution in [2.75, 3.05) is 26.7 Å². The molecule has 1 spiro atoms. The van der Waals surface area contributed by atoms with Crippen molar-refractivity contribution in [3.05, 3.63) is 48.6 Å². The molecule has 39 heavy (non-hydrogen) atoms. The Morgan fingerprint density at radius 3 is 2.54 bits per heavy atom. The molecule has 6 atom stereocenters. The Labute approximate surface area is 226 Å². The van der Waals surface area contributed by atoms with Crippen LogP contribution in [0.4, 0.5) is 0 Å². The summed E-state index contributed by atoms with van der Waals surface area (Å²) < 4.78 is 8.46. The molecule has 0 aliphatic carbocycles. The molecule has 0 radical (unpaired) electrons. The van der Waals surface area contributed by atoms with Crippen molar-refractivity contribution in [1.82, 2.24) is 29.7 Å². The van der Waals surface area contributed by atoms with Gasteiger partial charge in [-0.25, -0.2) is 4.68 Å². The van der Waals surface area contributed by atoms with Crippen LogP contribution in [0.15, 0.2) is 48.6 Å². The van der Waals surface area contributed by atoms with Gasteiger partial charge in [0.15, 0.2) is 0 Å². The highest BCUT2D eigenvalue weighted by Gasteiger charge is 2.75. The number of fused-ring (bicyclic) bond motifs is 3. The molecule has 1 N–H and O–H groups in total. The zero-order valence-electron chi connectivity index (χ0n) is 22.6. The van der Waals surface area contributed by atoms with Crippen molar-refractivity contribution in [3.63, 3.8) is 0 Å². The number of hydrogen-bond acceptors (Lipinski definition) is 7. The van der Waals surface area contributed by atoms with Gasteiger partial charge in [-0.1, -0.05) is 55.5 Å². The van der Waals surface area contributed by atoms with Crippen LogP contribution in [-0.2, 0) is 25.8 Å². The van der Waals surface area contributed by atoms with Gasteiger partial charge in [-0.3, -0.25) is 14.4 Å². The topological polar surface area (TPSA) is 121 Å².